The Morgan fingerprint density at radius 3 is 2.23 bits per heavy atom. The number of esters is 1. The Bertz CT molecular complexity index is 2180. The number of carbonyl (C=O) groups excluding carboxylic acids is 3. The highest BCUT2D eigenvalue weighted by atomic mass is 16.5. The van der Waals surface area contributed by atoms with Crippen molar-refractivity contribution in [3.8, 4) is 5.75 Å². The van der Waals surface area contributed by atoms with E-state index in [9.17, 15) is 14.4 Å². The van der Waals surface area contributed by atoms with Crippen molar-refractivity contribution < 1.29 is 28.6 Å². The van der Waals surface area contributed by atoms with Gasteiger partial charge in [-0.25, -0.2) is 14.8 Å². The molecule has 0 saturated carbocycles. The second-order valence-corrected chi connectivity index (χ2v) is 16.0. The van der Waals surface area contributed by atoms with E-state index in [0.717, 1.165) is 99.7 Å². The summed E-state index contributed by atoms with van der Waals surface area (Å²) in [5.74, 6) is 0.542. The van der Waals surface area contributed by atoms with Crippen LogP contribution in [-0.4, -0.2) is 116 Å². The summed E-state index contributed by atoms with van der Waals surface area (Å²) in [5.41, 5.74) is 12.0. The standard InChI is InChI=1S/C47H59N9O6/c1-4-39-45(50-36-19-27-62-28-20-36)53-46(43(52-39)44(48)58)51-37-14-15-40(41(29-37)60-2)56-21-17-38(18-22-56)55-25-23-54(24-26-55)31-34-9-12-35(13-10-34)47(59)49-30-33-7-5-32(6-8-33)11-16-42(57)61-3/h5-16,29,36,38H,4,17-28,30-31H2,1-3H3,(H2,48,58)(H,49,59)(H2,50,51,53)/b16-11+. The molecule has 3 saturated heterocycles. The van der Waals surface area contributed by atoms with Crippen LogP contribution in [0.1, 0.15) is 75.8 Å². The number of aromatic nitrogens is 2. The number of ether oxygens (including phenoxy) is 3. The molecule has 7 rings (SSSR count). The third-order valence-electron chi connectivity index (χ3n) is 11.9. The van der Waals surface area contributed by atoms with E-state index in [0.29, 0.717) is 55.1 Å². The number of nitrogens with two attached hydrogens (primary N) is 1. The molecule has 3 aliphatic heterocycles. The van der Waals surface area contributed by atoms with Crippen LogP contribution in [0.15, 0.2) is 72.8 Å². The lowest BCUT2D eigenvalue weighted by molar-refractivity contribution is -0.134. The quantitative estimate of drug-likeness (QED) is 0.0836. The summed E-state index contributed by atoms with van der Waals surface area (Å²) >= 11 is 0. The van der Waals surface area contributed by atoms with Gasteiger partial charge in [0.2, 0.25) is 0 Å². The van der Waals surface area contributed by atoms with Gasteiger partial charge in [0.1, 0.15) is 5.75 Å². The summed E-state index contributed by atoms with van der Waals surface area (Å²) in [7, 11) is 3.03. The van der Waals surface area contributed by atoms with Gasteiger partial charge in [0.15, 0.2) is 17.3 Å². The van der Waals surface area contributed by atoms with Crippen LogP contribution in [0.25, 0.3) is 6.08 Å². The minimum Gasteiger partial charge on any atom is -0.495 e. The number of benzene rings is 3. The topological polar surface area (TPSA) is 177 Å². The van der Waals surface area contributed by atoms with Crippen LogP contribution in [0, 0.1) is 0 Å². The largest absolute Gasteiger partial charge is 0.495 e. The van der Waals surface area contributed by atoms with Crippen molar-refractivity contribution in [2.45, 2.75) is 64.2 Å². The fourth-order valence-electron chi connectivity index (χ4n) is 8.32. The molecule has 0 atom stereocenters. The molecular formula is C47H59N9O6. The minimum absolute atomic E-state index is 0.103. The number of hydrogen-bond donors (Lipinski definition) is 4. The van der Waals surface area contributed by atoms with Gasteiger partial charge in [-0.05, 0) is 79.1 Å². The molecular weight excluding hydrogens is 787 g/mol. The minimum atomic E-state index is -0.640. The lowest BCUT2D eigenvalue weighted by Gasteiger charge is -2.43. The van der Waals surface area contributed by atoms with Gasteiger partial charge >= 0.3 is 5.97 Å². The van der Waals surface area contributed by atoms with Crippen molar-refractivity contribution in [1.82, 2.24) is 25.1 Å². The number of nitrogens with zero attached hydrogens (tertiary/aromatic N) is 5. The van der Waals surface area contributed by atoms with E-state index in [2.05, 4.69) is 58.6 Å². The molecule has 5 N–H and O–H groups in total. The number of carbonyl (C=O) groups is 3. The number of rotatable bonds is 16. The molecule has 0 radical (unpaired) electrons. The van der Waals surface area contributed by atoms with Gasteiger partial charge in [0, 0.05) is 101 Å². The summed E-state index contributed by atoms with van der Waals surface area (Å²) in [6, 6.07) is 22.3. The Kier molecular flexibility index (Phi) is 15.0. The number of amides is 2. The number of anilines is 4. The molecule has 0 unspecified atom stereocenters. The van der Waals surface area contributed by atoms with Crippen molar-refractivity contribution in [1.29, 1.82) is 0 Å². The van der Waals surface area contributed by atoms with E-state index in [1.165, 1.54) is 18.7 Å². The average molecular weight is 846 g/mol. The predicted octanol–water partition coefficient (Wildman–Crippen LogP) is 5.38. The van der Waals surface area contributed by atoms with Crippen molar-refractivity contribution in [3.05, 3.63) is 106 Å². The number of piperazine rings is 1. The Morgan fingerprint density at radius 1 is 0.855 bits per heavy atom. The van der Waals surface area contributed by atoms with E-state index >= 15 is 0 Å². The van der Waals surface area contributed by atoms with E-state index in [-0.39, 0.29) is 17.6 Å². The lowest BCUT2D eigenvalue weighted by atomic mass is 10.0. The number of nitrogens with one attached hydrogen (secondary N) is 3. The molecule has 0 bridgehead atoms. The summed E-state index contributed by atoms with van der Waals surface area (Å²) < 4.78 is 16.1. The summed E-state index contributed by atoms with van der Waals surface area (Å²) in [6.07, 6.45) is 7.56. The van der Waals surface area contributed by atoms with Gasteiger partial charge in [-0.1, -0.05) is 43.3 Å². The summed E-state index contributed by atoms with van der Waals surface area (Å²) in [4.78, 5) is 53.7. The number of hydrogen-bond acceptors (Lipinski definition) is 13. The van der Waals surface area contributed by atoms with Crippen molar-refractivity contribution in [2.75, 3.05) is 82.2 Å². The Morgan fingerprint density at radius 2 is 1.56 bits per heavy atom. The van der Waals surface area contributed by atoms with Gasteiger partial charge in [0.05, 0.1) is 25.6 Å². The monoisotopic (exact) mass is 845 g/mol. The third kappa shape index (κ3) is 11.5. The lowest BCUT2D eigenvalue weighted by Crippen LogP contribution is -2.53. The highest BCUT2D eigenvalue weighted by molar-refractivity contribution is 5.97. The van der Waals surface area contributed by atoms with Crippen LogP contribution in [-0.2, 0) is 33.8 Å². The normalized spacial score (nSPS) is 16.9. The second-order valence-electron chi connectivity index (χ2n) is 16.0. The van der Waals surface area contributed by atoms with Gasteiger partial charge in [-0.15, -0.1) is 0 Å². The molecule has 3 aliphatic rings. The molecule has 0 spiro atoms. The molecule has 3 fully saturated rings. The zero-order chi connectivity index (χ0) is 43.4. The van der Waals surface area contributed by atoms with Gasteiger partial charge < -0.3 is 40.8 Å². The Labute approximate surface area is 364 Å². The molecule has 2 amide bonds. The van der Waals surface area contributed by atoms with Crippen molar-refractivity contribution in [2.24, 2.45) is 5.73 Å². The zero-order valence-corrected chi connectivity index (χ0v) is 36.0. The van der Waals surface area contributed by atoms with Crippen LogP contribution in [0.3, 0.4) is 0 Å². The highest BCUT2D eigenvalue weighted by Gasteiger charge is 2.29. The molecule has 0 aliphatic carbocycles. The number of methoxy groups -OCH3 is 2. The van der Waals surface area contributed by atoms with E-state index in [4.69, 9.17) is 20.2 Å². The van der Waals surface area contributed by atoms with Crippen molar-refractivity contribution >= 4 is 46.9 Å². The maximum absolute atomic E-state index is 12.9. The first-order valence-electron chi connectivity index (χ1n) is 21.6. The van der Waals surface area contributed by atoms with Crippen LogP contribution < -0.4 is 31.3 Å². The van der Waals surface area contributed by atoms with Crippen LogP contribution in [0.4, 0.5) is 23.0 Å². The molecule has 328 valence electrons. The molecule has 4 heterocycles. The number of primary amides is 1. The van der Waals surface area contributed by atoms with E-state index in [1.54, 1.807) is 13.2 Å². The summed E-state index contributed by atoms with van der Waals surface area (Å²) in [6.45, 7) is 10.5. The fourth-order valence-corrected chi connectivity index (χ4v) is 8.32. The van der Waals surface area contributed by atoms with E-state index < -0.39 is 11.9 Å². The molecule has 3 aromatic carbocycles. The first-order chi connectivity index (χ1) is 30.2. The predicted molar refractivity (Wildman–Crippen MR) is 241 cm³/mol. The number of aryl methyl sites for hydroxylation is 1. The Balaban J connectivity index is 0.866. The molecule has 15 heteroatoms. The van der Waals surface area contributed by atoms with Gasteiger partial charge in [-0.2, -0.15) is 0 Å². The van der Waals surface area contributed by atoms with Crippen molar-refractivity contribution in [3.63, 3.8) is 0 Å². The molecule has 4 aromatic rings. The Hall–Kier alpha value is -6.03. The molecule has 1 aromatic heterocycles. The third-order valence-corrected chi connectivity index (χ3v) is 11.9. The summed E-state index contributed by atoms with van der Waals surface area (Å²) in [5, 5.41) is 9.83. The first kappa shape index (κ1) is 44.0. The first-order valence-corrected chi connectivity index (χ1v) is 21.6. The SMILES string of the molecule is CCc1nc(C(N)=O)c(Nc2ccc(N3CCC(N4CCN(Cc5ccc(C(=O)NCc6ccc(/C=C/C(=O)OC)cc6)cc5)CC4)CC3)c(OC)c2)nc1NC1CCOCC1. The fraction of sp³-hybridized carbons (Fsp3) is 0.426. The smallest absolute Gasteiger partial charge is 0.330 e. The van der Waals surface area contributed by atoms with Crippen LogP contribution >= 0.6 is 0 Å². The van der Waals surface area contributed by atoms with E-state index in [1.807, 2.05) is 55.5 Å². The highest BCUT2D eigenvalue weighted by Crippen LogP contribution is 2.35. The van der Waals surface area contributed by atoms with Crippen LogP contribution in [0.2, 0.25) is 0 Å². The second kappa shape index (κ2) is 21.2. The zero-order valence-electron chi connectivity index (χ0n) is 36.0. The van der Waals surface area contributed by atoms with Crippen LogP contribution in [0.5, 0.6) is 5.75 Å². The average Bonchev–Trinajstić information content (AvgIpc) is 3.31. The van der Waals surface area contributed by atoms with Gasteiger partial charge in [-0.3, -0.25) is 19.4 Å². The number of piperidine rings is 1. The molecule has 62 heavy (non-hydrogen) atoms. The maximum Gasteiger partial charge on any atom is 0.330 e. The maximum atomic E-state index is 12.9. The molecule has 15 nitrogen and oxygen atoms in total. The van der Waals surface area contributed by atoms with Gasteiger partial charge in [0.25, 0.3) is 11.8 Å².